The van der Waals surface area contributed by atoms with E-state index in [1.54, 1.807) is 0 Å². The highest BCUT2D eigenvalue weighted by atomic mass is 19.4. The highest BCUT2D eigenvalue weighted by Gasteiger charge is 2.34. The summed E-state index contributed by atoms with van der Waals surface area (Å²) in [4.78, 5) is 6.37. The van der Waals surface area contributed by atoms with E-state index < -0.39 is 25.4 Å². The van der Waals surface area contributed by atoms with Crippen molar-refractivity contribution in [1.29, 1.82) is 0 Å². The van der Waals surface area contributed by atoms with E-state index in [1.807, 2.05) is 0 Å². The summed E-state index contributed by atoms with van der Waals surface area (Å²) in [5, 5.41) is 5.86. The maximum Gasteiger partial charge on any atom is 0.401 e. The molecule has 0 spiro atoms. The van der Waals surface area contributed by atoms with Crippen molar-refractivity contribution in [1.82, 2.24) is 20.4 Å². The van der Waals surface area contributed by atoms with Crippen molar-refractivity contribution in [3.63, 3.8) is 0 Å². The highest BCUT2D eigenvalue weighted by molar-refractivity contribution is 5.80. The molecule has 1 rings (SSSR count). The van der Waals surface area contributed by atoms with Crippen LogP contribution in [0.5, 0.6) is 0 Å². The fourth-order valence-corrected chi connectivity index (χ4v) is 2.49. The molecule has 0 bridgehead atoms. The monoisotopic (exact) mass is 363 g/mol. The molecule has 24 heavy (non-hydrogen) atoms. The second-order valence-corrected chi connectivity index (χ2v) is 5.83. The molecular weight excluding hydrogens is 340 g/mol. The Morgan fingerprint density at radius 3 is 2.42 bits per heavy atom. The van der Waals surface area contributed by atoms with Crippen LogP contribution < -0.4 is 10.6 Å². The first-order valence-electron chi connectivity index (χ1n) is 7.50. The number of rotatable bonds is 6. The smallest absolute Gasteiger partial charge is 0.355 e. The normalized spacial score (nSPS) is 20.7. The van der Waals surface area contributed by atoms with Crippen molar-refractivity contribution >= 4 is 5.96 Å². The van der Waals surface area contributed by atoms with Crippen LogP contribution in [0.1, 0.15) is 6.42 Å². The summed E-state index contributed by atoms with van der Waals surface area (Å²) in [6, 6.07) is -0.175. The van der Waals surface area contributed by atoms with E-state index in [0.29, 0.717) is 18.9 Å². The van der Waals surface area contributed by atoms with Gasteiger partial charge in [0, 0.05) is 39.3 Å². The van der Waals surface area contributed by atoms with Crippen LogP contribution in [-0.2, 0) is 0 Å². The van der Waals surface area contributed by atoms with E-state index in [0.717, 1.165) is 4.90 Å². The van der Waals surface area contributed by atoms with E-state index >= 15 is 0 Å². The largest absolute Gasteiger partial charge is 0.401 e. The van der Waals surface area contributed by atoms with Gasteiger partial charge < -0.3 is 10.6 Å². The maximum absolute atomic E-state index is 12.3. The number of aliphatic imine (C=N–C) groups is 1. The van der Waals surface area contributed by atoms with Crippen LogP contribution in [0.15, 0.2) is 4.99 Å². The van der Waals surface area contributed by atoms with Crippen molar-refractivity contribution < 1.29 is 26.3 Å². The van der Waals surface area contributed by atoms with Crippen LogP contribution in [0.4, 0.5) is 26.3 Å². The molecule has 142 valence electrons. The SMILES string of the molecule is CN=C(NCCN(C)CC(F)(F)F)NC1CCN(CC(F)(F)F)C1. The van der Waals surface area contributed by atoms with Crippen LogP contribution in [0.2, 0.25) is 0 Å². The van der Waals surface area contributed by atoms with Gasteiger partial charge in [0.1, 0.15) is 0 Å². The summed E-state index contributed by atoms with van der Waals surface area (Å²) < 4.78 is 73.6. The van der Waals surface area contributed by atoms with Gasteiger partial charge in [-0.05, 0) is 13.5 Å². The number of nitrogens with zero attached hydrogens (tertiary/aromatic N) is 3. The van der Waals surface area contributed by atoms with Gasteiger partial charge in [0.05, 0.1) is 13.1 Å². The van der Waals surface area contributed by atoms with Crippen LogP contribution >= 0.6 is 0 Å². The van der Waals surface area contributed by atoms with Crippen LogP contribution in [-0.4, -0.2) is 87.5 Å². The number of hydrogen-bond acceptors (Lipinski definition) is 3. The molecule has 5 nitrogen and oxygen atoms in total. The van der Waals surface area contributed by atoms with Gasteiger partial charge in [0.25, 0.3) is 0 Å². The number of alkyl halides is 6. The minimum Gasteiger partial charge on any atom is -0.355 e. The van der Waals surface area contributed by atoms with Gasteiger partial charge in [0.15, 0.2) is 5.96 Å². The quantitative estimate of drug-likeness (QED) is 0.424. The Morgan fingerprint density at radius 1 is 1.21 bits per heavy atom. The van der Waals surface area contributed by atoms with Gasteiger partial charge in [-0.25, -0.2) is 0 Å². The maximum atomic E-state index is 12.3. The van der Waals surface area contributed by atoms with Crippen molar-refractivity contribution in [2.45, 2.75) is 24.8 Å². The summed E-state index contributed by atoms with van der Waals surface area (Å²) in [6.45, 7) is -0.970. The molecule has 0 saturated carbocycles. The minimum absolute atomic E-state index is 0.158. The zero-order valence-electron chi connectivity index (χ0n) is 13.6. The molecule has 1 saturated heterocycles. The Balaban J connectivity index is 2.29. The Morgan fingerprint density at radius 2 is 1.88 bits per heavy atom. The standard InChI is InChI=1S/C13H23F6N5/c1-20-11(21-4-6-23(2)8-12(14,15)16)22-10-3-5-24(7-10)9-13(17,18)19/h10H,3-9H2,1-2H3,(H2,20,21,22). The summed E-state index contributed by atoms with van der Waals surface area (Å²) in [5.41, 5.74) is 0. The minimum atomic E-state index is -4.25. The third kappa shape index (κ3) is 9.16. The molecule has 0 aromatic carbocycles. The predicted molar refractivity (Wildman–Crippen MR) is 78.9 cm³/mol. The molecule has 1 aliphatic rings. The van der Waals surface area contributed by atoms with Crippen molar-refractivity contribution in [3.8, 4) is 0 Å². The molecule has 11 heteroatoms. The molecule has 1 fully saturated rings. The van der Waals surface area contributed by atoms with E-state index in [4.69, 9.17) is 0 Å². The second-order valence-electron chi connectivity index (χ2n) is 5.83. The Kier molecular flexibility index (Phi) is 7.58. The molecule has 0 aromatic rings. The van der Waals surface area contributed by atoms with Crippen LogP contribution in [0, 0.1) is 0 Å². The van der Waals surface area contributed by atoms with Crippen LogP contribution in [0.25, 0.3) is 0 Å². The number of guanidine groups is 1. The fraction of sp³-hybridized carbons (Fsp3) is 0.923. The average molecular weight is 363 g/mol. The van der Waals surface area contributed by atoms with Crippen molar-refractivity contribution in [2.75, 3.05) is 53.4 Å². The van der Waals surface area contributed by atoms with Crippen molar-refractivity contribution in [2.24, 2.45) is 4.99 Å². The first kappa shape index (κ1) is 20.8. The molecule has 1 aliphatic heterocycles. The molecule has 1 unspecified atom stereocenters. The average Bonchev–Trinajstić information content (AvgIpc) is 2.80. The van der Waals surface area contributed by atoms with E-state index in [9.17, 15) is 26.3 Å². The summed E-state index contributed by atoms with van der Waals surface area (Å²) >= 11 is 0. The lowest BCUT2D eigenvalue weighted by molar-refractivity contribution is -0.144. The Bertz CT molecular complexity index is 409. The number of nitrogens with one attached hydrogen (secondary N) is 2. The second kappa shape index (κ2) is 8.75. The summed E-state index contributed by atoms with van der Waals surface area (Å²) in [6.07, 6.45) is -7.93. The van der Waals surface area contributed by atoms with E-state index in [1.165, 1.54) is 19.0 Å². The fourth-order valence-electron chi connectivity index (χ4n) is 2.49. The number of likely N-dealkylation sites (tertiary alicyclic amines) is 1. The highest BCUT2D eigenvalue weighted by Crippen LogP contribution is 2.19. The summed E-state index contributed by atoms with van der Waals surface area (Å²) in [5.74, 6) is 0.370. The van der Waals surface area contributed by atoms with Gasteiger partial charge in [-0.3, -0.25) is 14.8 Å². The number of halogens is 6. The molecule has 0 aromatic heterocycles. The predicted octanol–water partition coefficient (Wildman–Crippen LogP) is 1.28. The van der Waals surface area contributed by atoms with Gasteiger partial charge in [-0.2, -0.15) is 26.3 Å². The first-order valence-corrected chi connectivity index (χ1v) is 7.50. The molecule has 1 heterocycles. The zero-order valence-corrected chi connectivity index (χ0v) is 13.6. The Labute approximate surface area is 137 Å². The van der Waals surface area contributed by atoms with Gasteiger partial charge in [-0.15, -0.1) is 0 Å². The molecular formula is C13H23F6N5. The lowest BCUT2D eigenvalue weighted by Gasteiger charge is -2.21. The molecule has 0 radical (unpaired) electrons. The summed E-state index contributed by atoms with van der Waals surface area (Å²) in [7, 11) is 2.86. The van der Waals surface area contributed by atoms with Gasteiger partial charge in [0.2, 0.25) is 0 Å². The lowest BCUT2D eigenvalue weighted by atomic mass is 10.3. The lowest BCUT2D eigenvalue weighted by Crippen LogP contribution is -2.47. The van der Waals surface area contributed by atoms with Crippen LogP contribution in [0.3, 0.4) is 0 Å². The third-order valence-corrected chi connectivity index (χ3v) is 3.47. The van der Waals surface area contributed by atoms with Gasteiger partial charge in [-0.1, -0.05) is 0 Å². The number of hydrogen-bond donors (Lipinski definition) is 2. The third-order valence-electron chi connectivity index (χ3n) is 3.47. The van der Waals surface area contributed by atoms with Crippen molar-refractivity contribution in [3.05, 3.63) is 0 Å². The van der Waals surface area contributed by atoms with E-state index in [2.05, 4.69) is 15.6 Å². The molecule has 2 N–H and O–H groups in total. The number of likely N-dealkylation sites (N-methyl/N-ethyl adjacent to an activating group) is 1. The molecule has 0 aliphatic carbocycles. The zero-order chi connectivity index (χ0) is 18.4. The molecule has 0 amide bonds. The molecule has 1 atom stereocenters. The topological polar surface area (TPSA) is 42.9 Å². The van der Waals surface area contributed by atoms with Gasteiger partial charge >= 0.3 is 12.4 Å². The Hall–Kier alpha value is -1.23. The van der Waals surface area contributed by atoms with E-state index in [-0.39, 0.29) is 25.7 Å². The first-order chi connectivity index (χ1) is 11.0.